The van der Waals surface area contributed by atoms with Gasteiger partial charge in [-0.2, -0.15) is 5.26 Å². The molecule has 1 heterocycles. The lowest BCUT2D eigenvalue weighted by molar-refractivity contribution is -0.120. The average molecular weight is 441 g/mol. The molecule has 166 valence electrons. The number of thioether (sulfide) groups is 1. The number of nitriles is 1. The molecule has 1 aromatic heterocycles. The Labute approximate surface area is 189 Å². The van der Waals surface area contributed by atoms with Crippen LogP contribution >= 0.6 is 11.8 Å². The molecule has 1 fully saturated rings. The Hall–Kier alpha value is -2.53. The van der Waals surface area contributed by atoms with Gasteiger partial charge in [0.25, 0.3) is 0 Å². The van der Waals surface area contributed by atoms with Crippen molar-refractivity contribution in [1.29, 1.82) is 5.26 Å². The Morgan fingerprint density at radius 2 is 1.84 bits per heavy atom. The quantitative estimate of drug-likeness (QED) is 0.587. The topological polar surface area (TPSA) is 86.8 Å². The number of hydrogen-bond donors (Lipinski definition) is 1. The van der Waals surface area contributed by atoms with Crippen LogP contribution in [0.2, 0.25) is 0 Å². The van der Waals surface area contributed by atoms with Crippen molar-refractivity contribution in [2.45, 2.75) is 70.1 Å². The van der Waals surface area contributed by atoms with E-state index >= 15 is 0 Å². The standard InChI is InChI=1S/C23H32N6OS/c1-4-28(5-2)19-12-10-18(11-13-19)21-26-27-22(29(21)6-3)31-16-20(30)25-23(17-24)14-8-7-9-15-23/h10-13H,4-9,14-16H2,1-3H3,(H,25,30). The van der Waals surface area contributed by atoms with Gasteiger partial charge in [0, 0.05) is 30.9 Å². The molecule has 2 aromatic rings. The summed E-state index contributed by atoms with van der Waals surface area (Å²) in [6, 6.07) is 10.7. The van der Waals surface area contributed by atoms with Gasteiger partial charge >= 0.3 is 0 Å². The van der Waals surface area contributed by atoms with Gasteiger partial charge in [-0.05, 0) is 57.9 Å². The van der Waals surface area contributed by atoms with E-state index in [0.717, 1.165) is 61.7 Å². The van der Waals surface area contributed by atoms with Crippen LogP contribution in [0.4, 0.5) is 5.69 Å². The van der Waals surface area contributed by atoms with Gasteiger partial charge in [-0.3, -0.25) is 4.79 Å². The first-order chi connectivity index (χ1) is 15.1. The molecule has 1 aromatic carbocycles. The fourth-order valence-corrected chi connectivity index (χ4v) is 4.96. The molecule has 1 aliphatic carbocycles. The molecule has 0 unspecified atom stereocenters. The third-order valence-electron chi connectivity index (χ3n) is 5.92. The van der Waals surface area contributed by atoms with Gasteiger partial charge in [-0.25, -0.2) is 0 Å². The van der Waals surface area contributed by atoms with E-state index < -0.39 is 5.54 Å². The van der Waals surface area contributed by atoms with Crippen molar-refractivity contribution >= 4 is 23.4 Å². The Morgan fingerprint density at radius 3 is 2.42 bits per heavy atom. The van der Waals surface area contributed by atoms with Gasteiger partial charge < -0.3 is 14.8 Å². The predicted octanol–water partition coefficient (Wildman–Crippen LogP) is 4.25. The molecular weight excluding hydrogens is 408 g/mol. The number of hydrogen-bond acceptors (Lipinski definition) is 6. The highest BCUT2D eigenvalue weighted by molar-refractivity contribution is 7.99. The first-order valence-corrected chi connectivity index (χ1v) is 12.2. The first-order valence-electron chi connectivity index (χ1n) is 11.2. The van der Waals surface area contributed by atoms with E-state index in [1.165, 1.54) is 17.4 Å². The van der Waals surface area contributed by atoms with Crippen LogP contribution in [0.3, 0.4) is 0 Å². The minimum Gasteiger partial charge on any atom is -0.372 e. The van der Waals surface area contributed by atoms with Crippen LogP contribution in [0.25, 0.3) is 11.4 Å². The molecule has 1 amide bonds. The maximum atomic E-state index is 12.5. The third kappa shape index (κ3) is 5.40. The smallest absolute Gasteiger partial charge is 0.231 e. The summed E-state index contributed by atoms with van der Waals surface area (Å²) in [5, 5.41) is 22.0. The molecule has 8 heteroatoms. The molecule has 0 atom stereocenters. The lowest BCUT2D eigenvalue weighted by Gasteiger charge is -2.31. The van der Waals surface area contributed by atoms with Crippen LogP contribution in [0, 0.1) is 11.3 Å². The molecular formula is C23H32N6OS. The van der Waals surface area contributed by atoms with E-state index in [1.54, 1.807) is 0 Å². The summed E-state index contributed by atoms with van der Waals surface area (Å²) >= 11 is 1.37. The van der Waals surface area contributed by atoms with E-state index in [2.05, 4.69) is 64.6 Å². The van der Waals surface area contributed by atoms with Crippen molar-refractivity contribution in [3.8, 4) is 17.5 Å². The summed E-state index contributed by atoms with van der Waals surface area (Å²) in [4.78, 5) is 14.8. The highest BCUT2D eigenvalue weighted by Crippen LogP contribution is 2.29. The van der Waals surface area contributed by atoms with Gasteiger partial charge in [-0.15, -0.1) is 10.2 Å². The van der Waals surface area contributed by atoms with Crippen LogP contribution in [-0.2, 0) is 11.3 Å². The Kier molecular flexibility index (Phi) is 7.97. The molecule has 0 bridgehead atoms. The van der Waals surface area contributed by atoms with E-state index in [0.29, 0.717) is 6.54 Å². The van der Waals surface area contributed by atoms with Crippen molar-refractivity contribution in [2.24, 2.45) is 0 Å². The van der Waals surface area contributed by atoms with Crippen molar-refractivity contribution in [3.63, 3.8) is 0 Å². The summed E-state index contributed by atoms with van der Waals surface area (Å²) < 4.78 is 2.03. The second kappa shape index (κ2) is 10.7. The molecule has 0 saturated heterocycles. The predicted molar refractivity (Wildman–Crippen MR) is 125 cm³/mol. The number of aromatic nitrogens is 3. The summed E-state index contributed by atoms with van der Waals surface area (Å²) in [5.74, 6) is 0.907. The lowest BCUT2D eigenvalue weighted by Crippen LogP contribution is -2.49. The normalized spacial score (nSPS) is 15.3. The van der Waals surface area contributed by atoms with Crippen molar-refractivity contribution in [3.05, 3.63) is 24.3 Å². The summed E-state index contributed by atoms with van der Waals surface area (Å²) in [5.41, 5.74) is 1.50. The molecule has 3 rings (SSSR count). The fraction of sp³-hybridized carbons (Fsp3) is 0.565. The largest absolute Gasteiger partial charge is 0.372 e. The van der Waals surface area contributed by atoms with Crippen LogP contribution in [0.1, 0.15) is 52.9 Å². The lowest BCUT2D eigenvalue weighted by atomic mass is 9.83. The summed E-state index contributed by atoms with van der Waals surface area (Å²) in [7, 11) is 0. The van der Waals surface area contributed by atoms with Crippen LogP contribution in [-0.4, -0.2) is 45.1 Å². The molecule has 1 aliphatic rings. The number of benzene rings is 1. The summed E-state index contributed by atoms with van der Waals surface area (Å²) in [6.45, 7) is 9.00. The van der Waals surface area contributed by atoms with Gasteiger partial charge in [-0.1, -0.05) is 31.0 Å². The monoisotopic (exact) mass is 440 g/mol. The third-order valence-corrected chi connectivity index (χ3v) is 6.89. The second-order valence-electron chi connectivity index (χ2n) is 7.86. The molecule has 1 saturated carbocycles. The maximum Gasteiger partial charge on any atom is 0.231 e. The number of carbonyl (C=O) groups is 1. The average Bonchev–Trinajstić information content (AvgIpc) is 3.22. The van der Waals surface area contributed by atoms with E-state index in [-0.39, 0.29) is 11.7 Å². The Morgan fingerprint density at radius 1 is 1.16 bits per heavy atom. The van der Waals surface area contributed by atoms with E-state index in [1.807, 2.05) is 11.5 Å². The Bertz CT molecular complexity index is 907. The first kappa shape index (κ1) is 23.1. The second-order valence-corrected chi connectivity index (χ2v) is 8.80. The zero-order valence-corrected chi connectivity index (χ0v) is 19.5. The van der Waals surface area contributed by atoms with E-state index in [4.69, 9.17) is 0 Å². The van der Waals surface area contributed by atoms with Gasteiger partial charge in [0.05, 0.1) is 11.8 Å². The van der Waals surface area contributed by atoms with Crippen LogP contribution in [0.5, 0.6) is 0 Å². The molecule has 0 aliphatic heterocycles. The number of carbonyl (C=O) groups excluding carboxylic acids is 1. The maximum absolute atomic E-state index is 12.5. The highest BCUT2D eigenvalue weighted by atomic mass is 32.2. The Balaban J connectivity index is 1.67. The van der Waals surface area contributed by atoms with E-state index in [9.17, 15) is 10.1 Å². The molecule has 0 radical (unpaired) electrons. The number of anilines is 1. The zero-order chi connectivity index (χ0) is 22.3. The summed E-state index contributed by atoms with van der Waals surface area (Å²) in [6.07, 6.45) is 4.58. The minimum absolute atomic E-state index is 0.121. The molecule has 7 nitrogen and oxygen atoms in total. The number of nitrogens with one attached hydrogen (secondary N) is 1. The van der Waals surface area contributed by atoms with Crippen molar-refractivity contribution in [1.82, 2.24) is 20.1 Å². The molecule has 0 spiro atoms. The van der Waals surface area contributed by atoms with Crippen LogP contribution in [0.15, 0.2) is 29.4 Å². The number of nitrogens with zero attached hydrogens (tertiary/aromatic N) is 5. The highest BCUT2D eigenvalue weighted by Gasteiger charge is 2.33. The van der Waals surface area contributed by atoms with Crippen molar-refractivity contribution in [2.75, 3.05) is 23.7 Å². The van der Waals surface area contributed by atoms with Gasteiger partial charge in [0.1, 0.15) is 5.54 Å². The van der Waals surface area contributed by atoms with Crippen LogP contribution < -0.4 is 10.2 Å². The van der Waals surface area contributed by atoms with Crippen molar-refractivity contribution < 1.29 is 4.79 Å². The van der Waals surface area contributed by atoms with Gasteiger partial charge in [0.2, 0.25) is 5.91 Å². The number of amides is 1. The fourth-order valence-electron chi connectivity index (χ4n) is 4.16. The zero-order valence-electron chi connectivity index (χ0n) is 18.7. The SMILES string of the molecule is CCN(CC)c1ccc(-c2nnc(SCC(=O)NC3(C#N)CCCCC3)n2CC)cc1. The van der Waals surface area contributed by atoms with Gasteiger partial charge in [0.15, 0.2) is 11.0 Å². The molecule has 1 N–H and O–H groups in total. The number of rotatable bonds is 9. The molecule has 31 heavy (non-hydrogen) atoms. The minimum atomic E-state index is -0.702.